The van der Waals surface area contributed by atoms with Crippen LogP contribution in [0.15, 0.2) is 24.3 Å². The highest BCUT2D eigenvalue weighted by atomic mass is 16.7. The van der Waals surface area contributed by atoms with Crippen LogP contribution in [0.3, 0.4) is 0 Å². The van der Waals surface area contributed by atoms with Gasteiger partial charge in [0, 0.05) is 5.39 Å². The molecule has 25 heavy (non-hydrogen) atoms. The number of nitrogens with zero attached hydrogens (tertiary/aromatic N) is 1. The summed E-state index contributed by atoms with van der Waals surface area (Å²) in [7, 11) is 0. The number of benzene rings is 1. The largest absolute Gasteiger partial charge is 0.508 e. The lowest BCUT2D eigenvalue weighted by Crippen LogP contribution is -2.28. The molecule has 2 unspecified atom stereocenters. The normalized spacial score (nSPS) is 19.4. The van der Waals surface area contributed by atoms with Gasteiger partial charge >= 0.3 is 12.1 Å². The highest BCUT2D eigenvalue weighted by Gasteiger charge is 2.32. The monoisotopic (exact) mass is 344 g/mol. The molecule has 1 aliphatic rings. The minimum atomic E-state index is -0.949. The van der Waals surface area contributed by atoms with Crippen LogP contribution in [-0.4, -0.2) is 34.9 Å². The van der Waals surface area contributed by atoms with Gasteiger partial charge in [0.15, 0.2) is 0 Å². The molecule has 0 bridgehead atoms. The van der Waals surface area contributed by atoms with E-state index < -0.39 is 24.3 Å². The topological polar surface area (TPSA) is 97.8 Å². The number of carbonyl (C=O) groups excluding carboxylic acids is 1. The standard InChI is InChI=1S/C18H20N2O5/c1-3-24-18(23)25-14-9-8-13(17(21)22)20-15-10(2)11-6-4-5-7-12(11)19-16(14)15/h4-7,13-14,20H,3,8-9H2,1-2H3,(H,21,22). The minimum absolute atomic E-state index is 0.207. The summed E-state index contributed by atoms with van der Waals surface area (Å²) >= 11 is 0. The van der Waals surface area contributed by atoms with Crippen molar-refractivity contribution in [1.29, 1.82) is 0 Å². The Balaban J connectivity index is 2.10. The van der Waals surface area contributed by atoms with Crippen molar-refractivity contribution >= 4 is 28.7 Å². The molecular weight excluding hydrogens is 324 g/mol. The molecule has 3 rings (SSSR count). The van der Waals surface area contributed by atoms with Crippen molar-refractivity contribution in [3.63, 3.8) is 0 Å². The Morgan fingerprint density at radius 3 is 2.80 bits per heavy atom. The maximum atomic E-state index is 11.8. The fraction of sp³-hybridized carbons (Fsp3) is 0.389. The van der Waals surface area contributed by atoms with Crippen molar-refractivity contribution in [2.75, 3.05) is 11.9 Å². The average Bonchev–Trinajstić information content (AvgIpc) is 2.76. The van der Waals surface area contributed by atoms with Gasteiger partial charge in [0.25, 0.3) is 0 Å². The molecule has 0 fully saturated rings. The molecule has 2 N–H and O–H groups in total. The SMILES string of the molecule is CCOC(=O)OC1CCC(C(=O)O)Nc2c1nc1ccccc1c2C. The summed E-state index contributed by atoms with van der Waals surface area (Å²) in [6, 6.07) is 6.83. The number of hydrogen-bond acceptors (Lipinski definition) is 6. The maximum absolute atomic E-state index is 11.8. The third kappa shape index (κ3) is 3.35. The number of pyridine rings is 1. The molecular formula is C18H20N2O5. The lowest BCUT2D eigenvalue weighted by atomic mass is 10.0. The molecule has 7 heteroatoms. The number of rotatable bonds is 3. The number of aromatic nitrogens is 1. The van der Waals surface area contributed by atoms with Gasteiger partial charge in [-0.15, -0.1) is 0 Å². The molecule has 7 nitrogen and oxygen atoms in total. The third-order valence-electron chi connectivity index (χ3n) is 4.32. The highest BCUT2D eigenvalue weighted by Crippen LogP contribution is 2.37. The van der Waals surface area contributed by atoms with E-state index in [1.54, 1.807) is 6.92 Å². The molecule has 1 aromatic carbocycles. The van der Waals surface area contributed by atoms with Crippen LogP contribution in [0, 0.1) is 6.92 Å². The van der Waals surface area contributed by atoms with E-state index in [1.807, 2.05) is 31.2 Å². The van der Waals surface area contributed by atoms with Gasteiger partial charge in [0.05, 0.1) is 17.8 Å². The first kappa shape index (κ1) is 17.0. The Kier molecular flexibility index (Phi) is 4.74. The summed E-state index contributed by atoms with van der Waals surface area (Å²) in [6.45, 7) is 3.81. The number of ether oxygens (including phenoxy) is 2. The summed E-state index contributed by atoms with van der Waals surface area (Å²) < 4.78 is 10.3. The maximum Gasteiger partial charge on any atom is 0.508 e. The number of nitrogens with one attached hydrogen (secondary N) is 1. The molecule has 0 radical (unpaired) electrons. The summed E-state index contributed by atoms with van der Waals surface area (Å²) in [6.07, 6.45) is -0.777. The highest BCUT2D eigenvalue weighted by molar-refractivity contribution is 5.89. The van der Waals surface area contributed by atoms with Gasteiger partial charge < -0.3 is 19.9 Å². The Bertz CT molecular complexity index is 820. The van der Waals surface area contributed by atoms with Gasteiger partial charge in [-0.3, -0.25) is 0 Å². The van der Waals surface area contributed by atoms with Gasteiger partial charge in [-0.25, -0.2) is 14.6 Å². The number of aliphatic carboxylic acids is 1. The molecule has 0 spiro atoms. The molecule has 2 atom stereocenters. The fourth-order valence-corrected chi connectivity index (χ4v) is 3.09. The predicted molar refractivity (Wildman–Crippen MR) is 91.6 cm³/mol. The fourth-order valence-electron chi connectivity index (χ4n) is 3.09. The van der Waals surface area contributed by atoms with E-state index in [1.165, 1.54) is 0 Å². The van der Waals surface area contributed by atoms with E-state index in [9.17, 15) is 14.7 Å². The average molecular weight is 344 g/mol. The van der Waals surface area contributed by atoms with Crippen molar-refractivity contribution in [3.05, 3.63) is 35.5 Å². The van der Waals surface area contributed by atoms with Crippen molar-refractivity contribution in [2.45, 2.75) is 38.8 Å². The van der Waals surface area contributed by atoms with Crippen LogP contribution in [0.1, 0.15) is 37.1 Å². The Labute approximate surface area is 145 Å². The first-order valence-electron chi connectivity index (χ1n) is 8.23. The van der Waals surface area contributed by atoms with Gasteiger partial charge in [0.2, 0.25) is 0 Å². The van der Waals surface area contributed by atoms with Crippen LogP contribution in [0.25, 0.3) is 10.9 Å². The zero-order valence-electron chi connectivity index (χ0n) is 14.1. The van der Waals surface area contributed by atoms with Crippen molar-refractivity contribution < 1.29 is 24.2 Å². The number of carboxylic acids is 1. The number of aryl methyl sites for hydroxylation is 1. The molecule has 0 aliphatic carbocycles. The zero-order chi connectivity index (χ0) is 18.0. The van der Waals surface area contributed by atoms with E-state index in [0.29, 0.717) is 24.2 Å². The number of anilines is 1. The Morgan fingerprint density at radius 2 is 2.08 bits per heavy atom. The molecule has 0 saturated carbocycles. The van der Waals surface area contributed by atoms with Crippen molar-refractivity contribution in [2.24, 2.45) is 0 Å². The number of para-hydroxylation sites is 1. The van der Waals surface area contributed by atoms with E-state index in [0.717, 1.165) is 16.5 Å². The van der Waals surface area contributed by atoms with Crippen LogP contribution in [-0.2, 0) is 14.3 Å². The molecule has 2 aromatic rings. The third-order valence-corrected chi connectivity index (χ3v) is 4.32. The quantitative estimate of drug-likeness (QED) is 0.823. The lowest BCUT2D eigenvalue weighted by Gasteiger charge is -2.19. The molecule has 1 aliphatic heterocycles. The number of carboxylic acid groups (broad SMARTS) is 1. The summed E-state index contributed by atoms with van der Waals surface area (Å²) in [5.41, 5.74) is 2.80. The van der Waals surface area contributed by atoms with Crippen LogP contribution in [0.2, 0.25) is 0 Å². The van der Waals surface area contributed by atoms with Gasteiger partial charge in [-0.05, 0) is 38.3 Å². The Hall–Kier alpha value is -2.83. The zero-order valence-corrected chi connectivity index (χ0v) is 14.1. The van der Waals surface area contributed by atoms with Crippen LogP contribution in [0.5, 0.6) is 0 Å². The summed E-state index contributed by atoms with van der Waals surface area (Å²) in [5.74, 6) is -0.949. The van der Waals surface area contributed by atoms with Crippen molar-refractivity contribution in [1.82, 2.24) is 4.98 Å². The predicted octanol–water partition coefficient (Wildman–Crippen LogP) is 3.42. The lowest BCUT2D eigenvalue weighted by molar-refractivity contribution is -0.138. The molecule has 0 amide bonds. The second kappa shape index (κ2) is 6.96. The Morgan fingerprint density at radius 1 is 1.32 bits per heavy atom. The number of hydrogen-bond donors (Lipinski definition) is 2. The molecule has 2 heterocycles. The van der Waals surface area contributed by atoms with Gasteiger partial charge in [-0.2, -0.15) is 0 Å². The second-order valence-electron chi connectivity index (χ2n) is 5.92. The number of carbonyl (C=O) groups is 2. The summed E-state index contributed by atoms with van der Waals surface area (Å²) in [5, 5.41) is 13.4. The molecule has 0 saturated heterocycles. The van der Waals surface area contributed by atoms with E-state index >= 15 is 0 Å². The van der Waals surface area contributed by atoms with Crippen LogP contribution < -0.4 is 5.32 Å². The summed E-state index contributed by atoms with van der Waals surface area (Å²) in [4.78, 5) is 27.9. The molecule has 132 valence electrons. The van der Waals surface area contributed by atoms with Gasteiger partial charge in [-0.1, -0.05) is 18.2 Å². The first-order chi connectivity index (χ1) is 12.0. The first-order valence-corrected chi connectivity index (χ1v) is 8.23. The number of fused-ring (bicyclic) bond motifs is 2. The van der Waals surface area contributed by atoms with E-state index in [2.05, 4.69) is 10.3 Å². The molecule has 1 aromatic heterocycles. The van der Waals surface area contributed by atoms with Crippen LogP contribution >= 0.6 is 0 Å². The van der Waals surface area contributed by atoms with Crippen LogP contribution in [0.4, 0.5) is 10.5 Å². The smallest absolute Gasteiger partial charge is 0.480 e. The van der Waals surface area contributed by atoms with Crippen molar-refractivity contribution in [3.8, 4) is 0 Å². The van der Waals surface area contributed by atoms with E-state index in [-0.39, 0.29) is 6.61 Å². The van der Waals surface area contributed by atoms with E-state index in [4.69, 9.17) is 9.47 Å². The minimum Gasteiger partial charge on any atom is -0.480 e. The second-order valence-corrected chi connectivity index (χ2v) is 5.92. The van der Waals surface area contributed by atoms with Gasteiger partial charge in [0.1, 0.15) is 17.8 Å².